The summed E-state index contributed by atoms with van der Waals surface area (Å²) < 4.78 is 13.9. The lowest BCUT2D eigenvalue weighted by Crippen LogP contribution is -2.24. The van der Waals surface area contributed by atoms with E-state index in [4.69, 9.17) is 0 Å². The van der Waals surface area contributed by atoms with E-state index in [9.17, 15) is 14.3 Å². The van der Waals surface area contributed by atoms with Crippen LogP contribution in [0.3, 0.4) is 0 Å². The van der Waals surface area contributed by atoms with E-state index >= 15 is 0 Å². The second kappa shape index (κ2) is 12.3. The Balaban J connectivity index is 1.86. The maximum absolute atomic E-state index is 13.9. The highest BCUT2D eigenvalue weighted by molar-refractivity contribution is 7.48. The van der Waals surface area contributed by atoms with Gasteiger partial charge in [0.25, 0.3) is 0 Å². The summed E-state index contributed by atoms with van der Waals surface area (Å²) in [5.41, 5.74) is 5.72. The zero-order valence-electron chi connectivity index (χ0n) is 21.5. The Labute approximate surface area is 221 Å². The van der Waals surface area contributed by atoms with E-state index in [1.54, 1.807) is 6.07 Å². The minimum atomic E-state index is -0.411. The molecule has 0 heterocycles. The Bertz CT molecular complexity index is 1340. The van der Waals surface area contributed by atoms with Crippen molar-refractivity contribution in [3.63, 3.8) is 0 Å². The fourth-order valence-electron chi connectivity index (χ4n) is 5.16. The van der Waals surface area contributed by atoms with Crippen molar-refractivity contribution in [2.24, 2.45) is 0 Å². The van der Waals surface area contributed by atoms with Crippen molar-refractivity contribution in [3.8, 4) is 5.75 Å². The van der Waals surface area contributed by atoms with Crippen molar-refractivity contribution in [1.82, 2.24) is 0 Å². The molecule has 0 aliphatic heterocycles. The van der Waals surface area contributed by atoms with E-state index in [-0.39, 0.29) is 13.7 Å². The van der Waals surface area contributed by atoms with Crippen LogP contribution in [0, 0.1) is 5.82 Å². The molecule has 0 fully saturated rings. The van der Waals surface area contributed by atoms with Crippen LogP contribution in [0.25, 0.3) is 0 Å². The van der Waals surface area contributed by atoms with E-state index in [2.05, 4.69) is 50.2 Å². The Kier molecular flexibility index (Phi) is 8.90. The van der Waals surface area contributed by atoms with E-state index in [1.165, 1.54) is 17.7 Å². The quantitative estimate of drug-likeness (QED) is 0.164. The van der Waals surface area contributed by atoms with Crippen LogP contribution in [-0.4, -0.2) is 11.4 Å². The average molecular weight is 513 g/mol. The molecule has 4 aromatic carbocycles. The van der Waals surface area contributed by atoms with Gasteiger partial charge in [0, 0.05) is 22.7 Å². The summed E-state index contributed by atoms with van der Waals surface area (Å²) in [7, 11) is 0.219. The van der Waals surface area contributed by atoms with Crippen LogP contribution in [0.1, 0.15) is 71.3 Å². The van der Waals surface area contributed by atoms with E-state index in [0.29, 0.717) is 17.7 Å². The van der Waals surface area contributed by atoms with Crippen molar-refractivity contribution >= 4 is 20.2 Å². The summed E-state index contributed by atoms with van der Waals surface area (Å²) in [6.07, 6.45) is 4.71. The van der Waals surface area contributed by atoms with Crippen LogP contribution in [0.2, 0.25) is 0 Å². The number of hydrogen-bond acceptors (Lipinski definition) is 2. The molecule has 2 atom stereocenters. The maximum Gasteiger partial charge on any atom is 0.150 e. The zero-order chi connectivity index (χ0) is 26.3. The molecular formula is C33H34FO2P. The van der Waals surface area contributed by atoms with Gasteiger partial charge in [-0.05, 0) is 59.0 Å². The lowest BCUT2D eigenvalue weighted by Gasteiger charge is -2.35. The highest BCUT2D eigenvalue weighted by Gasteiger charge is 2.34. The molecule has 0 saturated carbocycles. The number of phenolic OH excluding ortho intramolecular Hbond substituents is 1. The summed E-state index contributed by atoms with van der Waals surface area (Å²) in [6, 6.07) is 29.3. The predicted octanol–water partition coefficient (Wildman–Crippen LogP) is 7.93. The van der Waals surface area contributed by atoms with Crippen LogP contribution >= 0.6 is 8.58 Å². The van der Waals surface area contributed by atoms with Crippen molar-refractivity contribution in [3.05, 3.63) is 130 Å². The van der Waals surface area contributed by atoms with Crippen LogP contribution in [0.15, 0.2) is 91.0 Å². The van der Waals surface area contributed by atoms with Gasteiger partial charge >= 0.3 is 0 Å². The fourth-order valence-corrected chi connectivity index (χ4v) is 6.99. The predicted molar refractivity (Wildman–Crippen MR) is 153 cm³/mol. The van der Waals surface area contributed by atoms with Crippen LogP contribution in [-0.2, 0) is 18.0 Å². The Morgan fingerprint density at radius 1 is 0.838 bits per heavy atom. The molecule has 4 rings (SSSR count). The van der Waals surface area contributed by atoms with Crippen LogP contribution < -0.4 is 5.30 Å². The molecule has 190 valence electrons. The monoisotopic (exact) mass is 512 g/mol. The summed E-state index contributed by atoms with van der Waals surface area (Å²) in [5, 5.41) is 12.2. The third kappa shape index (κ3) is 6.35. The van der Waals surface area contributed by atoms with E-state index in [1.807, 2.05) is 36.4 Å². The van der Waals surface area contributed by atoms with Gasteiger partial charge in [-0.15, -0.1) is 0 Å². The molecule has 0 aromatic heterocycles. The van der Waals surface area contributed by atoms with Crippen molar-refractivity contribution < 1.29 is 14.3 Å². The van der Waals surface area contributed by atoms with Crippen molar-refractivity contribution in [2.75, 3.05) is 0 Å². The SMILES string of the molecule is CCCC(CC)(Pc1ccc(F)cc1C=O)c1cc(Cc2ccccc2)cc(Cc2ccccc2)c1O. The zero-order valence-corrected chi connectivity index (χ0v) is 22.5. The topological polar surface area (TPSA) is 37.3 Å². The number of benzene rings is 4. The van der Waals surface area contributed by atoms with E-state index in [0.717, 1.165) is 59.5 Å². The number of carbonyl (C=O) groups is 1. The number of aromatic hydroxyl groups is 1. The summed E-state index contributed by atoms with van der Waals surface area (Å²) >= 11 is 0. The minimum absolute atomic E-state index is 0.219. The lowest BCUT2D eigenvalue weighted by molar-refractivity contribution is 0.112. The molecule has 2 unspecified atom stereocenters. The van der Waals surface area contributed by atoms with Crippen molar-refractivity contribution in [2.45, 2.75) is 51.1 Å². The third-order valence-electron chi connectivity index (χ3n) is 7.05. The first kappa shape index (κ1) is 26.8. The van der Waals surface area contributed by atoms with Gasteiger partial charge in [-0.3, -0.25) is 4.79 Å². The lowest BCUT2D eigenvalue weighted by atomic mass is 9.85. The number of phenols is 1. The molecule has 4 aromatic rings. The third-order valence-corrected chi connectivity index (χ3v) is 9.12. The summed E-state index contributed by atoms with van der Waals surface area (Å²) in [4.78, 5) is 11.8. The Morgan fingerprint density at radius 2 is 1.49 bits per heavy atom. The van der Waals surface area contributed by atoms with Crippen LogP contribution in [0.5, 0.6) is 5.75 Å². The van der Waals surface area contributed by atoms with Gasteiger partial charge in [0.1, 0.15) is 11.6 Å². The maximum atomic E-state index is 13.9. The van der Waals surface area contributed by atoms with Gasteiger partial charge in [0.15, 0.2) is 6.29 Å². The second-order valence-electron chi connectivity index (χ2n) is 9.64. The van der Waals surface area contributed by atoms with Gasteiger partial charge in [0.2, 0.25) is 0 Å². The highest BCUT2D eigenvalue weighted by atomic mass is 31.1. The molecule has 4 heteroatoms. The number of rotatable bonds is 11. The number of hydrogen-bond donors (Lipinski definition) is 1. The first-order chi connectivity index (χ1) is 18.0. The molecule has 0 aliphatic carbocycles. The first-order valence-corrected chi connectivity index (χ1v) is 13.9. The molecule has 0 saturated heterocycles. The molecule has 0 radical (unpaired) electrons. The first-order valence-electron chi connectivity index (χ1n) is 12.9. The van der Waals surface area contributed by atoms with Gasteiger partial charge < -0.3 is 5.11 Å². The number of aldehydes is 1. The molecule has 0 aliphatic rings. The molecular weight excluding hydrogens is 478 g/mol. The Hall–Kier alpha value is -3.29. The molecule has 1 N–H and O–H groups in total. The average Bonchev–Trinajstić information content (AvgIpc) is 2.92. The highest BCUT2D eigenvalue weighted by Crippen LogP contribution is 2.52. The molecule has 0 bridgehead atoms. The van der Waals surface area contributed by atoms with Gasteiger partial charge in [-0.25, -0.2) is 4.39 Å². The van der Waals surface area contributed by atoms with E-state index < -0.39 is 5.82 Å². The summed E-state index contributed by atoms with van der Waals surface area (Å²) in [6.45, 7) is 4.29. The van der Waals surface area contributed by atoms with Gasteiger partial charge in [0.05, 0.1) is 0 Å². The van der Waals surface area contributed by atoms with Gasteiger partial charge in [-0.2, -0.15) is 0 Å². The molecule has 2 nitrogen and oxygen atoms in total. The van der Waals surface area contributed by atoms with Gasteiger partial charge in [-0.1, -0.05) is 108 Å². The normalized spacial score (nSPS) is 13.1. The minimum Gasteiger partial charge on any atom is -0.507 e. The largest absolute Gasteiger partial charge is 0.507 e. The number of carbonyl (C=O) groups excluding carboxylic acids is 1. The second-order valence-corrected chi connectivity index (χ2v) is 11.4. The molecule has 37 heavy (non-hydrogen) atoms. The fraction of sp³-hybridized carbons (Fsp3) is 0.242. The summed E-state index contributed by atoms with van der Waals surface area (Å²) in [5.74, 6) is -0.0793. The standard InChI is InChI=1S/C33H34FO2P/c1-3-17-33(4-2,37-31-16-15-29(34)22-28(31)23-35)30-21-26(18-24-11-7-5-8-12-24)20-27(32(30)36)19-25-13-9-6-10-14-25/h5-16,20-23,36-37H,3-4,17-19H2,1-2H3. The van der Waals surface area contributed by atoms with Crippen LogP contribution in [0.4, 0.5) is 4.39 Å². The Morgan fingerprint density at radius 3 is 2.08 bits per heavy atom. The molecule has 0 spiro atoms. The smallest absolute Gasteiger partial charge is 0.150 e. The van der Waals surface area contributed by atoms with Crippen molar-refractivity contribution in [1.29, 1.82) is 0 Å². The molecule has 0 amide bonds. The number of halogens is 1.